The monoisotopic (exact) mass is 295 g/mol. The molecule has 0 aliphatic carbocycles. The summed E-state index contributed by atoms with van der Waals surface area (Å²) in [5.41, 5.74) is -0.612. The molecular weight excluding hydrogens is 276 g/mol. The molecule has 0 spiro atoms. The summed E-state index contributed by atoms with van der Waals surface area (Å²) < 4.78 is 45.9. The first-order chi connectivity index (χ1) is 9.97. The molecule has 2 rings (SSSR count). The van der Waals surface area contributed by atoms with Gasteiger partial charge in [0.1, 0.15) is 0 Å². The molecule has 0 bridgehead atoms. The molecule has 5 heteroatoms. The molecule has 2 aromatic rings. The third-order valence-corrected chi connectivity index (χ3v) is 3.89. The van der Waals surface area contributed by atoms with Crippen LogP contribution < -0.4 is 10.2 Å². The number of halogens is 3. The average Bonchev–Trinajstić information content (AvgIpc) is 2.46. The third kappa shape index (κ3) is 3.52. The van der Waals surface area contributed by atoms with Crippen molar-refractivity contribution in [1.82, 2.24) is 0 Å². The molecule has 114 valence electrons. The van der Waals surface area contributed by atoms with Gasteiger partial charge in [-0.25, -0.2) is 0 Å². The van der Waals surface area contributed by atoms with Crippen molar-refractivity contribution in [2.24, 2.45) is 5.92 Å². The van der Waals surface area contributed by atoms with Crippen LogP contribution in [0.1, 0.15) is 26.7 Å². The molecule has 0 fully saturated rings. The lowest BCUT2D eigenvalue weighted by molar-refractivity contribution is 0.241. The van der Waals surface area contributed by atoms with Gasteiger partial charge in [-0.1, -0.05) is 62.5 Å². The van der Waals surface area contributed by atoms with Crippen molar-refractivity contribution in [3.8, 4) is 5.75 Å². The summed E-state index contributed by atoms with van der Waals surface area (Å²) in [6.45, 7) is -0.752. The predicted octanol–water partition coefficient (Wildman–Crippen LogP) is 4.71. The molecule has 0 N–H and O–H groups in total. The summed E-state index contributed by atoms with van der Waals surface area (Å²) >= 11 is 0. The van der Waals surface area contributed by atoms with Crippen LogP contribution in [-0.2, 0) is 0 Å². The van der Waals surface area contributed by atoms with E-state index in [0.717, 1.165) is 12.8 Å². The largest absolute Gasteiger partial charge is 0.513 e. The van der Waals surface area contributed by atoms with Gasteiger partial charge >= 0.3 is 6.98 Å². The fourth-order valence-electron chi connectivity index (χ4n) is 2.47. The molecule has 0 aliphatic heterocycles. The first-order valence-electron chi connectivity index (χ1n) is 7.31. The molecule has 21 heavy (non-hydrogen) atoms. The fourth-order valence-corrected chi connectivity index (χ4v) is 2.47. The van der Waals surface area contributed by atoms with Crippen LogP contribution in [-0.4, -0.2) is 13.6 Å². The van der Waals surface area contributed by atoms with E-state index in [1.54, 1.807) is 24.3 Å². The Balaban J connectivity index is 2.43. The first-order valence-corrected chi connectivity index (χ1v) is 7.31. The molecule has 0 saturated heterocycles. The van der Waals surface area contributed by atoms with Crippen LogP contribution in [0.5, 0.6) is 5.75 Å². The van der Waals surface area contributed by atoms with Gasteiger partial charge in [0, 0.05) is 0 Å². The van der Waals surface area contributed by atoms with Crippen LogP contribution in [0.4, 0.5) is 12.9 Å². The van der Waals surface area contributed by atoms with Crippen LogP contribution in [0.2, 0.25) is 0 Å². The molecular formula is C16H19BF3O-. The van der Waals surface area contributed by atoms with E-state index in [-0.39, 0.29) is 17.1 Å². The van der Waals surface area contributed by atoms with E-state index < -0.39 is 12.4 Å². The minimum atomic E-state index is -5.12. The normalized spacial score (nSPS) is 12.1. The quantitative estimate of drug-likeness (QED) is 0.701. The van der Waals surface area contributed by atoms with Gasteiger partial charge < -0.3 is 17.7 Å². The smallest absolute Gasteiger partial charge is 0.496 e. The molecule has 0 aromatic heterocycles. The van der Waals surface area contributed by atoms with Crippen LogP contribution in [0.25, 0.3) is 10.8 Å². The van der Waals surface area contributed by atoms with Crippen molar-refractivity contribution in [2.75, 3.05) is 6.61 Å². The topological polar surface area (TPSA) is 9.23 Å². The maximum atomic E-state index is 13.4. The van der Waals surface area contributed by atoms with E-state index in [1.165, 1.54) is 12.1 Å². The highest BCUT2D eigenvalue weighted by Gasteiger charge is 2.31. The summed E-state index contributed by atoms with van der Waals surface area (Å²) in [6.07, 6.45) is 1.80. The van der Waals surface area contributed by atoms with E-state index in [2.05, 4.69) is 0 Å². The second-order valence-electron chi connectivity index (χ2n) is 5.27. The lowest BCUT2D eigenvalue weighted by Crippen LogP contribution is -2.36. The maximum absolute atomic E-state index is 13.4. The van der Waals surface area contributed by atoms with E-state index >= 15 is 0 Å². The minimum Gasteiger partial charge on any atom is -0.496 e. The van der Waals surface area contributed by atoms with Crippen LogP contribution >= 0.6 is 0 Å². The van der Waals surface area contributed by atoms with Crippen molar-refractivity contribution in [2.45, 2.75) is 26.7 Å². The van der Waals surface area contributed by atoms with Gasteiger partial charge in [-0.3, -0.25) is 0 Å². The highest BCUT2D eigenvalue weighted by Crippen LogP contribution is 2.26. The standard InChI is InChI=1S/C16H19BF3O/c1-3-12(4-2)11-21-15-10-9-13-7-5-6-8-14(13)16(15)17(18,19)20/h5-10,12H,3-4,11H2,1-2H3/q-1. The van der Waals surface area contributed by atoms with Crippen LogP contribution in [0.15, 0.2) is 36.4 Å². The van der Waals surface area contributed by atoms with Crippen molar-refractivity contribution in [1.29, 1.82) is 0 Å². The van der Waals surface area contributed by atoms with Gasteiger partial charge in [-0.05, 0) is 22.8 Å². The molecule has 2 aromatic carbocycles. The number of hydrogen-bond acceptors (Lipinski definition) is 1. The Hall–Kier alpha value is -1.65. The van der Waals surface area contributed by atoms with E-state index in [1.807, 2.05) is 13.8 Å². The van der Waals surface area contributed by atoms with E-state index in [9.17, 15) is 12.9 Å². The number of rotatable bonds is 6. The number of ether oxygens (including phenoxy) is 1. The number of hydrogen-bond donors (Lipinski definition) is 0. The Kier molecular flexibility index (Phi) is 4.81. The molecule has 0 heterocycles. The molecule has 0 saturated carbocycles. The Morgan fingerprint density at radius 1 is 1.00 bits per heavy atom. The zero-order valence-corrected chi connectivity index (χ0v) is 12.3. The summed E-state index contributed by atoms with van der Waals surface area (Å²) in [4.78, 5) is 0. The van der Waals surface area contributed by atoms with Gasteiger partial charge in [-0.2, -0.15) is 0 Å². The Morgan fingerprint density at radius 3 is 2.29 bits per heavy atom. The van der Waals surface area contributed by atoms with Gasteiger partial charge in [0.25, 0.3) is 0 Å². The predicted molar refractivity (Wildman–Crippen MR) is 82.2 cm³/mol. The van der Waals surface area contributed by atoms with Crippen molar-refractivity contribution in [3.63, 3.8) is 0 Å². The van der Waals surface area contributed by atoms with Gasteiger partial charge in [0.15, 0.2) is 0 Å². The Morgan fingerprint density at radius 2 is 1.67 bits per heavy atom. The minimum absolute atomic E-state index is 0.0481. The summed E-state index contributed by atoms with van der Waals surface area (Å²) in [6, 6.07) is 9.67. The molecule has 0 unspecified atom stereocenters. The van der Waals surface area contributed by atoms with E-state index in [4.69, 9.17) is 4.74 Å². The molecule has 0 aliphatic rings. The summed E-state index contributed by atoms with van der Waals surface area (Å²) in [7, 11) is 0. The second kappa shape index (κ2) is 6.42. The maximum Gasteiger partial charge on any atom is 0.513 e. The first kappa shape index (κ1) is 15.7. The summed E-state index contributed by atoms with van der Waals surface area (Å²) in [5.74, 6) is 0.234. The molecule has 0 amide bonds. The highest BCUT2D eigenvalue weighted by molar-refractivity contribution is 6.76. The average molecular weight is 295 g/mol. The van der Waals surface area contributed by atoms with Crippen LogP contribution in [0.3, 0.4) is 0 Å². The Labute approximate surface area is 123 Å². The summed E-state index contributed by atoms with van der Waals surface area (Å²) in [5, 5.41) is 0.800. The van der Waals surface area contributed by atoms with Crippen molar-refractivity contribution in [3.05, 3.63) is 36.4 Å². The third-order valence-electron chi connectivity index (χ3n) is 3.89. The highest BCUT2D eigenvalue weighted by atomic mass is 19.4. The zero-order valence-electron chi connectivity index (χ0n) is 12.3. The number of benzene rings is 2. The Bertz CT molecular complexity index is 606. The zero-order chi connectivity index (χ0) is 15.5. The van der Waals surface area contributed by atoms with Crippen LogP contribution in [0, 0.1) is 5.92 Å². The lowest BCUT2D eigenvalue weighted by atomic mass is 9.76. The molecule has 0 radical (unpaired) electrons. The van der Waals surface area contributed by atoms with Gasteiger partial charge in [0.2, 0.25) is 0 Å². The number of fused-ring (bicyclic) bond motifs is 1. The molecule has 0 atom stereocenters. The second-order valence-corrected chi connectivity index (χ2v) is 5.27. The van der Waals surface area contributed by atoms with Gasteiger partial charge in [0.05, 0.1) is 12.4 Å². The van der Waals surface area contributed by atoms with Crippen molar-refractivity contribution >= 4 is 23.2 Å². The SMILES string of the molecule is CCC(CC)COc1ccc2ccccc2c1[B-](F)(F)F. The fraction of sp³-hybridized carbons (Fsp3) is 0.375. The van der Waals surface area contributed by atoms with E-state index in [0.29, 0.717) is 12.0 Å². The van der Waals surface area contributed by atoms with Crippen molar-refractivity contribution < 1.29 is 17.7 Å². The molecule has 1 nitrogen and oxygen atoms in total. The lowest BCUT2D eigenvalue weighted by Gasteiger charge is -2.23. The van der Waals surface area contributed by atoms with Gasteiger partial charge in [-0.15, -0.1) is 0 Å².